The zero-order valence-corrected chi connectivity index (χ0v) is 15.7. The number of halogens is 1. The number of nitrogens with one attached hydrogen (secondary N) is 2. The average molecular weight is 373 g/mol. The van der Waals surface area contributed by atoms with E-state index in [1.165, 1.54) is 12.1 Å². The highest BCUT2D eigenvalue weighted by Crippen LogP contribution is 2.22. The number of anilines is 1. The minimum absolute atomic E-state index is 0.108. The van der Waals surface area contributed by atoms with Crippen LogP contribution >= 0.6 is 12.2 Å². The van der Waals surface area contributed by atoms with E-state index in [0.29, 0.717) is 24.9 Å². The van der Waals surface area contributed by atoms with Crippen molar-refractivity contribution in [2.45, 2.75) is 13.0 Å². The minimum atomic E-state index is -0.223. The summed E-state index contributed by atoms with van der Waals surface area (Å²) >= 11 is 5.46. The van der Waals surface area contributed by atoms with Crippen molar-refractivity contribution in [2.75, 3.05) is 38.2 Å². The molecule has 0 radical (unpaired) electrons. The molecular weight excluding hydrogens is 349 g/mol. The topological polar surface area (TPSA) is 36.5 Å². The molecule has 0 bridgehead atoms. The largest absolute Gasteiger partial charge is 0.379 e. The molecule has 0 spiro atoms. The van der Waals surface area contributed by atoms with Crippen LogP contribution in [0.1, 0.15) is 17.2 Å². The quantitative estimate of drug-likeness (QED) is 0.785. The summed E-state index contributed by atoms with van der Waals surface area (Å²) < 4.78 is 18.8. The lowest BCUT2D eigenvalue weighted by Gasteiger charge is -2.35. The molecule has 4 nitrogen and oxygen atoms in total. The number of para-hydroxylation sites is 1. The second kappa shape index (κ2) is 9.07. The summed E-state index contributed by atoms with van der Waals surface area (Å²) in [5.41, 5.74) is 3.20. The van der Waals surface area contributed by atoms with Gasteiger partial charge < -0.3 is 15.4 Å². The molecule has 2 aromatic carbocycles. The third kappa shape index (κ3) is 5.00. The van der Waals surface area contributed by atoms with Crippen LogP contribution in [0.4, 0.5) is 10.1 Å². The van der Waals surface area contributed by atoms with Crippen LogP contribution in [0.3, 0.4) is 0 Å². The van der Waals surface area contributed by atoms with Crippen molar-refractivity contribution in [3.8, 4) is 0 Å². The summed E-state index contributed by atoms with van der Waals surface area (Å²) in [5, 5.41) is 7.14. The van der Waals surface area contributed by atoms with Crippen LogP contribution in [0.25, 0.3) is 0 Å². The van der Waals surface area contributed by atoms with Crippen LogP contribution in [0, 0.1) is 12.7 Å². The third-order valence-electron chi connectivity index (χ3n) is 4.59. The van der Waals surface area contributed by atoms with Crippen LogP contribution in [0.5, 0.6) is 0 Å². The van der Waals surface area contributed by atoms with Gasteiger partial charge in [0.15, 0.2) is 5.11 Å². The lowest BCUT2D eigenvalue weighted by atomic mass is 10.0. The Morgan fingerprint density at radius 1 is 1.15 bits per heavy atom. The van der Waals surface area contributed by atoms with E-state index in [2.05, 4.69) is 15.5 Å². The molecule has 1 heterocycles. The predicted molar refractivity (Wildman–Crippen MR) is 107 cm³/mol. The Kier molecular flexibility index (Phi) is 6.55. The fraction of sp³-hybridized carbons (Fsp3) is 0.350. The number of morpholine rings is 1. The van der Waals surface area contributed by atoms with Crippen molar-refractivity contribution in [3.05, 3.63) is 65.5 Å². The molecule has 1 atom stereocenters. The van der Waals surface area contributed by atoms with Gasteiger partial charge in [-0.1, -0.05) is 30.3 Å². The fourth-order valence-corrected chi connectivity index (χ4v) is 3.29. The summed E-state index contributed by atoms with van der Waals surface area (Å²) in [5.74, 6) is -0.223. The van der Waals surface area contributed by atoms with Crippen LogP contribution in [0.2, 0.25) is 0 Å². The maximum Gasteiger partial charge on any atom is 0.170 e. The highest BCUT2D eigenvalue weighted by Gasteiger charge is 2.22. The molecule has 0 amide bonds. The van der Waals surface area contributed by atoms with E-state index in [4.69, 9.17) is 17.0 Å². The normalized spacial score (nSPS) is 16.1. The zero-order chi connectivity index (χ0) is 18.4. The highest BCUT2D eigenvalue weighted by atomic mass is 32.1. The number of thiocarbonyl (C=S) groups is 1. The molecule has 1 aliphatic heterocycles. The molecule has 1 saturated heterocycles. The number of hydrogen-bond donors (Lipinski definition) is 2. The van der Waals surface area contributed by atoms with Gasteiger partial charge in [0.2, 0.25) is 0 Å². The maximum atomic E-state index is 13.3. The fourth-order valence-electron chi connectivity index (χ4n) is 3.10. The van der Waals surface area contributed by atoms with Gasteiger partial charge in [0, 0.05) is 25.3 Å². The van der Waals surface area contributed by atoms with Crippen LogP contribution in [0.15, 0.2) is 48.5 Å². The first kappa shape index (κ1) is 18.8. The number of hydrogen-bond acceptors (Lipinski definition) is 3. The van der Waals surface area contributed by atoms with E-state index in [1.54, 1.807) is 0 Å². The molecule has 3 rings (SSSR count). The molecule has 2 aromatic rings. The number of aryl methyl sites for hydroxylation is 1. The van der Waals surface area contributed by atoms with Crippen LogP contribution in [-0.4, -0.2) is 42.9 Å². The molecule has 1 fully saturated rings. The first-order valence-corrected chi connectivity index (χ1v) is 9.22. The Balaban J connectivity index is 1.66. The molecule has 26 heavy (non-hydrogen) atoms. The number of ether oxygens (including phenoxy) is 1. The standard InChI is InChI=1S/C20H24FN3OS/c1-15-4-2-3-5-18(15)23-20(26)22-14-19(24-10-12-25-13-11-24)16-6-8-17(21)9-7-16/h2-9,19H,10-14H2,1H3,(H2,22,23,26)/t19-/m0/s1. The monoisotopic (exact) mass is 373 g/mol. The van der Waals surface area contributed by atoms with E-state index in [0.717, 1.165) is 29.9 Å². The Morgan fingerprint density at radius 3 is 2.54 bits per heavy atom. The molecular formula is C20H24FN3OS. The van der Waals surface area contributed by atoms with Gasteiger partial charge in [-0.05, 0) is 48.5 Å². The molecule has 2 N–H and O–H groups in total. The van der Waals surface area contributed by atoms with E-state index >= 15 is 0 Å². The van der Waals surface area contributed by atoms with Crippen LogP contribution in [-0.2, 0) is 4.74 Å². The van der Waals surface area contributed by atoms with Crippen molar-refractivity contribution in [1.29, 1.82) is 0 Å². The summed E-state index contributed by atoms with van der Waals surface area (Å²) in [7, 11) is 0. The van der Waals surface area contributed by atoms with Gasteiger partial charge in [-0.2, -0.15) is 0 Å². The van der Waals surface area contributed by atoms with Crippen LogP contribution < -0.4 is 10.6 Å². The lowest BCUT2D eigenvalue weighted by Crippen LogP contribution is -2.44. The number of nitrogens with zero attached hydrogens (tertiary/aromatic N) is 1. The molecule has 1 aliphatic rings. The van der Waals surface area contributed by atoms with Crippen molar-refractivity contribution in [3.63, 3.8) is 0 Å². The Bertz CT molecular complexity index is 732. The van der Waals surface area contributed by atoms with Crippen molar-refractivity contribution >= 4 is 23.0 Å². The predicted octanol–water partition coefficient (Wildman–Crippen LogP) is 3.49. The Morgan fingerprint density at radius 2 is 1.85 bits per heavy atom. The van der Waals surface area contributed by atoms with Crippen molar-refractivity contribution in [1.82, 2.24) is 10.2 Å². The summed E-state index contributed by atoms with van der Waals surface area (Å²) in [6.45, 7) is 5.81. The molecule has 0 aromatic heterocycles. The summed E-state index contributed by atoms with van der Waals surface area (Å²) in [6, 6.07) is 14.8. The SMILES string of the molecule is Cc1ccccc1NC(=S)NC[C@@H](c1ccc(F)cc1)N1CCOCC1. The van der Waals surface area contributed by atoms with E-state index in [-0.39, 0.29) is 11.9 Å². The summed E-state index contributed by atoms with van der Waals surface area (Å²) in [6.07, 6.45) is 0. The Labute approximate surface area is 159 Å². The first-order valence-electron chi connectivity index (χ1n) is 8.81. The highest BCUT2D eigenvalue weighted by molar-refractivity contribution is 7.80. The molecule has 138 valence electrons. The minimum Gasteiger partial charge on any atom is -0.379 e. The van der Waals surface area contributed by atoms with Gasteiger partial charge in [-0.25, -0.2) is 4.39 Å². The molecule has 0 aliphatic carbocycles. The van der Waals surface area contributed by atoms with Crippen molar-refractivity contribution in [2.24, 2.45) is 0 Å². The van der Waals surface area contributed by atoms with Gasteiger partial charge in [0.1, 0.15) is 5.82 Å². The number of benzene rings is 2. The third-order valence-corrected chi connectivity index (χ3v) is 4.84. The zero-order valence-electron chi connectivity index (χ0n) is 14.9. The van der Waals surface area contributed by atoms with E-state index in [1.807, 2.05) is 43.3 Å². The Hall–Kier alpha value is -2.02. The second-order valence-corrected chi connectivity index (χ2v) is 6.77. The molecule has 0 unspecified atom stereocenters. The van der Waals surface area contributed by atoms with Gasteiger partial charge in [0.25, 0.3) is 0 Å². The average Bonchev–Trinajstić information content (AvgIpc) is 2.66. The van der Waals surface area contributed by atoms with E-state index in [9.17, 15) is 4.39 Å². The maximum absolute atomic E-state index is 13.3. The second-order valence-electron chi connectivity index (χ2n) is 6.37. The summed E-state index contributed by atoms with van der Waals surface area (Å²) in [4.78, 5) is 2.35. The molecule has 6 heteroatoms. The lowest BCUT2D eigenvalue weighted by molar-refractivity contribution is 0.0170. The first-order chi connectivity index (χ1) is 12.6. The van der Waals surface area contributed by atoms with Gasteiger partial charge in [-0.15, -0.1) is 0 Å². The van der Waals surface area contributed by atoms with Gasteiger partial charge in [-0.3, -0.25) is 4.90 Å². The number of rotatable bonds is 5. The van der Waals surface area contributed by atoms with Gasteiger partial charge >= 0.3 is 0 Å². The van der Waals surface area contributed by atoms with E-state index < -0.39 is 0 Å². The smallest absolute Gasteiger partial charge is 0.170 e. The van der Waals surface area contributed by atoms with Gasteiger partial charge in [0.05, 0.1) is 19.3 Å². The van der Waals surface area contributed by atoms with Crippen molar-refractivity contribution < 1.29 is 9.13 Å². The molecule has 0 saturated carbocycles.